The van der Waals surface area contributed by atoms with Crippen LogP contribution in [0.1, 0.15) is 25.8 Å². The zero-order chi connectivity index (χ0) is 12.5. The molecule has 17 heavy (non-hydrogen) atoms. The van der Waals surface area contributed by atoms with Crippen molar-refractivity contribution >= 4 is 17.7 Å². The Hall–Kier alpha value is -1.40. The summed E-state index contributed by atoms with van der Waals surface area (Å²) in [6.45, 7) is 4.31. The van der Waals surface area contributed by atoms with Gasteiger partial charge in [-0.3, -0.25) is 4.79 Å². The van der Waals surface area contributed by atoms with Gasteiger partial charge in [-0.15, -0.1) is 11.8 Å². The van der Waals surface area contributed by atoms with Gasteiger partial charge in [0.2, 0.25) is 0 Å². The highest BCUT2D eigenvalue weighted by atomic mass is 32.2. The van der Waals surface area contributed by atoms with Gasteiger partial charge in [-0.2, -0.15) is 0 Å². The van der Waals surface area contributed by atoms with Gasteiger partial charge in [0.15, 0.2) is 0 Å². The third-order valence-corrected chi connectivity index (χ3v) is 2.79. The first-order chi connectivity index (χ1) is 8.26. The van der Waals surface area contributed by atoms with Crippen LogP contribution in [0.25, 0.3) is 0 Å². The summed E-state index contributed by atoms with van der Waals surface area (Å²) in [5.74, 6) is 6.57. The SMILES string of the molecule is CCOC(=O)CC#Cc1cccc(SCC)c1. The standard InChI is InChI=1S/C14H16O2S/c1-3-16-14(15)10-6-8-12-7-5-9-13(11-12)17-4-2/h5,7,9,11H,3-4,10H2,1-2H3. The Kier molecular flexibility index (Phi) is 6.27. The number of hydrogen-bond donors (Lipinski definition) is 0. The molecule has 0 aliphatic carbocycles. The predicted molar refractivity (Wildman–Crippen MR) is 71.0 cm³/mol. The molecule has 1 rings (SSSR count). The zero-order valence-electron chi connectivity index (χ0n) is 10.2. The number of rotatable bonds is 4. The molecule has 0 fully saturated rings. The Morgan fingerprint density at radius 3 is 2.94 bits per heavy atom. The van der Waals surface area contributed by atoms with Crippen molar-refractivity contribution in [2.24, 2.45) is 0 Å². The first-order valence-corrected chi connectivity index (χ1v) is 6.62. The van der Waals surface area contributed by atoms with E-state index in [1.165, 1.54) is 4.90 Å². The molecule has 0 atom stereocenters. The second kappa shape index (κ2) is 7.81. The molecule has 0 aromatic heterocycles. The Balaban J connectivity index is 2.59. The number of carbonyl (C=O) groups excluding carboxylic acids is 1. The van der Waals surface area contributed by atoms with Crippen molar-refractivity contribution in [3.63, 3.8) is 0 Å². The molecular weight excluding hydrogens is 232 g/mol. The fourth-order valence-electron chi connectivity index (χ4n) is 1.26. The van der Waals surface area contributed by atoms with E-state index in [1.54, 1.807) is 18.7 Å². The van der Waals surface area contributed by atoms with Crippen molar-refractivity contribution in [3.8, 4) is 11.8 Å². The van der Waals surface area contributed by atoms with Crippen LogP contribution in [0, 0.1) is 11.8 Å². The summed E-state index contributed by atoms with van der Waals surface area (Å²) >= 11 is 1.78. The first kappa shape index (κ1) is 13.7. The van der Waals surface area contributed by atoms with Crippen LogP contribution in [-0.4, -0.2) is 18.3 Å². The lowest BCUT2D eigenvalue weighted by atomic mass is 10.2. The molecule has 0 bridgehead atoms. The molecule has 0 saturated carbocycles. The highest BCUT2D eigenvalue weighted by Gasteiger charge is 1.96. The molecule has 0 spiro atoms. The Morgan fingerprint density at radius 2 is 2.24 bits per heavy atom. The van der Waals surface area contributed by atoms with Crippen LogP contribution < -0.4 is 0 Å². The van der Waals surface area contributed by atoms with Crippen LogP contribution in [0.4, 0.5) is 0 Å². The Bertz CT molecular complexity index is 429. The maximum absolute atomic E-state index is 11.1. The van der Waals surface area contributed by atoms with Gasteiger partial charge in [0.25, 0.3) is 0 Å². The third kappa shape index (κ3) is 5.46. The summed E-state index contributed by atoms with van der Waals surface area (Å²) in [6.07, 6.45) is 0.152. The molecule has 0 heterocycles. The fourth-order valence-corrected chi connectivity index (χ4v) is 1.98. The van der Waals surface area contributed by atoms with Gasteiger partial charge in [-0.1, -0.05) is 24.8 Å². The average Bonchev–Trinajstić information content (AvgIpc) is 2.30. The molecule has 1 aromatic carbocycles. The Morgan fingerprint density at radius 1 is 1.41 bits per heavy atom. The van der Waals surface area contributed by atoms with E-state index in [0.29, 0.717) is 6.61 Å². The number of benzene rings is 1. The predicted octanol–water partition coefficient (Wildman–Crippen LogP) is 3.10. The van der Waals surface area contributed by atoms with Crippen molar-refractivity contribution in [1.29, 1.82) is 0 Å². The molecule has 2 nitrogen and oxygen atoms in total. The van der Waals surface area contributed by atoms with Gasteiger partial charge in [0.1, 0.15) is 6.42 Å². The maximum Gasteiger partial charge on any atom is 0.317 e. The smallest absolute Gasteiger partial charge is 0.317 e. The van der Waals surface area contributed by atoms with E-state index in [-0.39, 0.29) is 12.4 Å². The van der Waals surface area contributed by atoms with E-state index >= 15 is 0 Å². The molecular formula is C14H16O2S. The largest absolute Gasteiger partial charge is 0.465 e. The number of thioether (sulfide) groups is 1. The minimum atomic E-state index is -0.265. The molecule has 0 amide bonds. The van der Waals surface area contributed by atoms with Gasteiger partial charge >= 0.3 is 5.97 Å². The summed E-state index contributed by atoms with van der Waals surface area (Å²) in [7, 11) is 0. The van der Waals surface area contributed by atoms with Gasteiger partial charge in [0, 0.05) is 10.5 Å². The topological polar surface area (TPSA) is 26.3 Å². The van der Waals surface area contributed by atoms with Crippen molar-refractivity contribution in [2.45, 2.75) is 25.2 Å². The van der Waals surface area contributed by atoms with Crippen LogP contribution in [0.15, 0.2) is 29.2 Å². The third-order valence-electron chi connectivity index (χ3n) is 1.92. The summed E-state index contributed by atoms with van der Waals surface area (Å²) in [5.41, 5.74) is 0.938. The number of carbonyl (C=O) groups is 1. The second-order valence-corrected chi connectivity index (χ2v) is 4.58. The minimum absolute atomic E-state index is 0.152. The highest BCUT2D eigenvalue weighted by Crippen LogP contribution is 2.17. The molecule has 0 radical (unpaired) electrons. The second-order valence-electron chi connectivity index (χ2n) is 3.24. The molecule has 0 N–H and O–H groups in total. The van der Waals surface area contributed by atoms with Crippen LogP contribution in [0.3, 0.4) is 0 Å². The molecule has 0 aliphatic heterocycles. The van der Waals surface area contributed by atoms with Crippen molar-refractivity contribution in [1.82, 2.24) is 0 Å². The average molecular weight is 248 g/mol. The van der Waals surface area contributed by atoms with Crippen molar-refractivity contribution in [2.75, 3.05) is 12.4 Å². The normalized spacial score (nSPS) is 9.29. The van der Waals surface area contributed by atoms with Gasteiger partial charge in [0.05, 0.1) is 6.61 Å². The summed E-state index contributed by atoms with van der Waals surface area (Å²) in [5, 5.41) is 0. The molecule has 0 aliphatic rings. The van der Waals surface area contributed by atoms with Crippen LogP contribution >= 0.6 is 11.8 Å². The van der Waals surface area contributed by atoms with Gasteiger partial charge in [-0.25, -0.2) is 0 Å². The van der Waals surface area contributed by atoms with Crippen LogP contribution in [0.2, 0.25) is 0 Å². The van der Waals surface area contributed by atoms with E-state index in [4.69, 9.17) is 4.74 Å². The minimum Gasteiger partial charge on any atom is -0.465 e. The molecule has 90 valence electrons. The zero-order valence-corrected chi connectivity index (χ0v) is 11.0. The van der Waals surface area contributed by atoms with Crippen molar-refractivity contribution < 1.29 is 9.53 Å². The maximum atomic E-state index is 11.1. The monoisotopic (exact) mass is 248 g/mol. The molecule has 3 heteroatoms. The van der Waals surface area contributed by atoms with E-state index in [0.717, 1.165) is 11.3 Å². The number of hydrogen-bond acceptors (Lipinski definition) is 3. The van der Waals surface area contributed by atoms with E-state index in [1.807, 2.05) is 18.2 Å². The van der Waals surface area contributed by atoms with E-state index in [2.05, 4.69) is 24.8 Å². The lowest BCUT2D eigenvalue weighted by Gasteiger charge is -1.98. The lowest BCUT2D eigenvalue weighted by Crippen LogP contribution is -2.01. The number of esters is 1. The Labute approximate surface area is 107 Å². The van der Waals surface area contributed by atoms with Crippen molar-refractivity contribution in [3.05, 3.63) is 29.8 Å². The summed E-state index contributed by atoms with van der Waals surface area (Å²) in [6, 6.07) is 8.02. The fraction of sp³-hybridized carbons (Fsp3) is 0.357. The van der Waals surface area contributed by atoms with Crippen LogP contribution in [-0.2, 0) is 9.53 Å². The highest BCUT2D eigenvalue weighted by molar-refractivity contribution is 7.99. The molecule has 0 unspecified atom stereocenters. The molecule has 0 saturated heterocycles. The quantitative estimate of drug-likeness (QED) is 0.465. The van der Waals surface area contributed by atoms with E-state index in [9.17, 15) is 4.79 Å². The molecule has 1 aromatic rings. The first-order valence-electron chi connectivity index (χ1n) is 5.63. The van der Waals surface area contributed by atoms with Crippen LogP contribution in [0.5, 0.6) is 0 Å². The van der Waals surface area contributed by atoms with Gasteiger partial charge in [-0.05, 0) is 30.9 Å². The summed E-state index contributed by atoms with van der Waals surface area (Å²) in [4.78, 5) is 12.3. The summed E-state index contributed by atoms with van der Waals surface area (Å²) < 4.78 is 4.80. The van der Waals surface area contributed by atoms with Gasteiger partial charge < -0.3 is 4.74 Å². The lowest BCUT2D eigenvalue weighted by molar-refractivity contribution is -0.141. The van der Waals surface area contributed by atoms with E-state index < -0.39 is 0 Å². The number of ether oxygens (including phenoxy) is 1.